The second-order valence-electron chi connectivity index (χ2n) is 4.23. The molecule has 0 aromatic carbocycles. The van der Waals surface area contributed by atoms with Crippen LogP contribution in [-0.4, -0.2) is 28.7 Å². The van der Waals surface area contributed by atoms with Crippen LogP contribution >= 0.6 is 11.6 Å². The molecule has 0 bridgehead atoms. The smallest absolute Gasteiger partial charge is 0.223 e. The van der Waals surface area contributed by atoms with Gasteiger partial charge in [-0.1, -0.05) is 11.6 Å². The van der Waals surface area contributed by atoms with Crippen LogP contribution in [0.1, 0.15) is 19.8 Å². The Balaban J connectivity index is 2.13. The molecule has 1 fully saturated rings. The summed E-state index contributed by atoms with van der Waals surface area (Å²) in [5, 5.41) is 3.70. The zero-order valence-corrected chi connectivity index (χ0v) is 9.92. The fraction of sp³-hybridized carbons (Fsp3) is 0.600. The maximum Gasteiger partial charge on any atom is 0.223 e. The van der Waals surface area contributed by atoms with Gasteiger partial charge in [0.15, 0.2) is 0 Å². The summed E-state index contributed by atoms with van der Waals surface area (Å²) in [4.78, 5) is 7.92. The molecule has 6 heteroatoms. The van der Waals surface area contributed by atoms with E-state index in [1.165, 1.54) is 0 Å². The summed E-state index contributed by atoms with van der Waals surface area (Å²) in [6.07, 6.45) is 1.88. The van der Waals surface area contributed by atoms with E-state index in [4.69, 9.17) is 22.1 Å². The molecule has 0 aliphatic carbocycles. The van der Waals surface area contributed by atoms with Crippen molar-refractivity contribution in [3.8, 4) is 0 Å². The summed E-state index contributed by atoms with van der Waals surface area (Å²) >= 11 is 5.82. The van der Waals surface area contributed by atoms with Gasteiger partial charge in [-0.05, 0) is 19.8 Å². The molecule has 0 atom stereocenters. The molecule has 2 rings (SSSR count). The van der Waals surface area contributed by atoms with E-state index in [0.717, 1.165) is 26.1 Å². The van der Waals surface area contributed by atoms with Crippen molar-refractivity contribution in [2.24, 2.45) is 0 Å². The molecule has 1 aromatic heterocycles. The molecule has 88 valence electrons. The number of hydrogen-bond acceptors (Lipinski definition) is 5. The minimum atomic E-state index is -0.0115. The highest BCUT2D eigenvalue weighted by Gasteiger charge is 2.27. The first-order valence-corrected chi connectivity index (χ1v) is 5.61. The Bertz CT molecular complexity index is 359. The Labute approximate surface area is 99.4 Å². The summed E-state index contributed by atoms with van der Waals surface area (Å²) in [6, 6.07) is 1.68. The minimum Gasteiger partial charge on any atom is -0.381 e. The molecule has 16 heavy (non-hydrogen) atoms. The Morgan fingerprint density at radius 3 is 2.75 bits per heavy atom. The molecule has 0 unspecified atom stereocenters. The maximum atomic E-state index is 5.82. The lowest BCUT2D eigenvalue weighted by Crippen LogP contribution is -2.40. The van der Waals surface area contributed by atoms with Gasteiger partial charge in [-0.15, -0.1) is 0 Å². The van der Waals surface area contributed by atoms with Crippen LogP contribution in [0.4, 0.5) is 11.8 Å². The monoisotopic (exact) mass is 242 g/mol. The lowest BCUT2D eigenvalue weighted by molar-refractivity contribution is 0.0657. The van der Waals surface area contributed by atoms with Crippen LogP contribution in [0.15, 0.2) is 6.07 Å². The van der Waals surface area contributed by atoms with Crippen molar-refractivity contribution in [1.82, 2.24) is 9.97 Å². The van der Waals surface area contributed by atoms with Crippen LogP contribution in [0, 0.1) is 0 Å². The number of rotatable bonds is 2. The van der Waals surface area contributed by atoms with Crippen molar-refractivity contribution in [3.63, 3.8) is 0 Å². The molecular weight excluding hydrogens is 228 g/mol. The second-order valence-corrected chi connectivity index (χ2v) is 4.62. The highest BCUT2D eigenvalue weighted by atomic mass is 35.5. The predicted molar refractivity (Wildman–Crippen MR) is 63.5 cm³/mol. The summed E-state index contributed by atoms with van der Waals surface area (Å²) in [6.45, 7) is 3.66. The third-order valence-corrected chi connectivity index (χ3v) is 2.93. The van der Waals surface area contributed by atoms with Crippen LogP contribution in [0.5, 0.6) is 0 Å². The number of nitrogens with two attached hydrogens (primary N) is 1. The number of nitrogens with one attached hydrogen (secondary N) is 1. The van der Waals surface area contributed by atoms with Gasteiger partial charge in [0.25, 0.3) is 0 Å². The van der Waals surface area contributed by atoms with Gasteiger partial charge in [0.2, 0.25) is 5.95 Å². The summed E-state index contributed by atoms with van der Waals surface area (Å²) in [7, 11) is 0. The Morgan fingerprint density at radius 2 is 2.12 bits per heavy atom. The zero-order valence-electron chi connectivity index (χ0n) is 9.16. The van der Waals surface area contributed by atoms with E-state index in [9.17, 15) is 0 Å². The van der Waals surface area contributed by atoms with Crippen LogP contribution < -0.4 is 11.1 Å². The topological polar surface area (TPSA) is 73.1 Å². The third kappa shape index (κ3) is 2.74. The van der Waals surface area contributed by atoms with Crippen molar-refractivity contribution in [2.75, 3.05) is 24.3 Å². The maximum absolute atomic E-state index is 5.82. The molecule has 0 spiro atoms. The molecule has 1 aliphatic rings. The van der Waals surface area contributed by atoms with Gasteiger partial charge in [-0.25, -0.2) is 4.98 Å². The van der Waals surface area contributed by atoms with Crippen LogP contribution in [0.2, 0.25) is 5.15 Å². The first-order chi connectivity index (χ1) is 7.57. The Morgan fingerprint density at radius 1 is 1.44 bits per heavy atom. The van der Waals surface area contributed by atoms with Gasteiger partial charge in [0, 0.05) is 24.8 Å². The first kappa shape index (κ1) is 11.4. The quantitative estimate of drug-likeness (QED) is 0.773. The van der Waals surface area contributed by atoms with Crippen molar-refractivity contribution in [1.29, 1.82) is 0 Å². The van der Waals surface area contributed by atoms with Gasteiger partial charge in [0.05, 0.1) is 0 Å². The van der Waals surface area contributed by atoms with E-state index in [0.29, 0.717) is 11.0 Å². The van der Waals surface area contributed by atoms with Gasteiger partial charge in [-0.3, -0.25) is 0 Å². The SMILES string of the molecule is CC1(Nc2cc(Cl)nc(N)n2)CCOCC1. The molecule has 1 aromatic rings. The van der Waals surface area contributed by atoms with Gasteiger partial charge in [-0.2, -0.15) is 4.98 Å². The van der Waals surface area contributed by atoms with E-state index in [-0.39, 0.29) is 11.5 Å². The number of nitrogens with zero attached hydrogens (tertiary/aromatic N) is 2. The summed E-state index contributed by atoms with van der Waals surface area (Å²) in [5.74, 6) is 0.854. The van der Waals surface area contributed by atoms with E-state index >= 15 is 0 Å². The summed E-state index contributed by atoms with van der Waals surface area (Å²) in [5.41, 5.74) is 5.52. The van der Waals surface area contributed by atoms with Crippen LogP contribution in [0.3, 0.4) is 0 Å². The molecule has 0 saturated carbocycles. The van der Waals surface area contributed by atoms with Gasteiger partial charge >= 0.3 is 0 Å². The van der Waals surface area contributed by atoms with Crippen molar-refractivity contribution >= 4 is 23.4 Å². The molecule has 0 amide bonds. The largest absolute Gasteiger partial charge is 0.381 e. The number of halogens is 1. The zero-order chi connectivity index (χ0) is 11.6. The van der Waals surface area contributed by atoms with Gasteiger partial charge < -0.3 is 15.8 Å². The highest BCUT2D eigenvalue weighted by molar-refractivity contribution is 6.29. The molecule has 3 N–H and O–H groups in total. The molecule has 5 nitrogen and oxygen atoms in total. The number of hydrogen-bond donors (Lipinski definition) is 2. The normalized spacial score (nSPS) is 19.4. The number of ether oxygens (including phenoxy) is 1. The first-order valence-electron chi connectivity index (χ1n) is 5.23. The molecule has 2 heterocycles. The minimum absolute atomic E-state index is 0.0115. The number of nitrogen functional groups attached to an aromatic ring is 1. The van der Waals surface area contributed by atoms with Crippen LogP contribution in [0.25, 0.3) is 0 Å². The number of anilines is 2. The molecule has 1 saturated heterocycles. The lowest BCUT2D eigenvalue weighted by Gasteiger charge is -2.34. The molecule has 1 aliphatic heterocycles. The fourth-order valence-electron chi connectivity index (χ4n) is 1.76. The van der Waals surface area contributed by atoms with Crippen LogP contribution in [-0.2, 0) is 4.74 Å². The lowest BCUT2D eigenvalue weighted by atomic mass is 9.92. The summed E-state index contributed by atoms with van der Waals surface area (Å²) < 4.78 is 5.33. The molecule has 0 radical (unpaired) electrons. The highest BCUT2D eigenvalue weighted by Crippen LogP contribution is 2.25. The van der Waals surface area contributed by atoms with Crippen molar-refractivity contribution in [2.45, 2.75) is 25.3 Å². The van der Waals surface area contributed by atoms with Crippen molar-refractivity contribution in [3.05, 3.63) is 11.2 Å². The second kappa shape index (κ2) is 4.43. The van der Waals surface area contributed by atoms with E-state index in [1.54, 1.807) is 6.07 Å². The van der Waals surface area contributed by atoms with E-state index in [1.807, 2.05) is 0 Å². The van der Waals surface area contributed by atoms with Gasteiger partial charge in [0.1, 0.15) is 11.0 Å². The standard InChI is InChI=1S/C10H15ClN4O/c1-10(2-4-16-5-3-10)15-8-6-7(11)13-9(12)14-8/h6H,2-5H2,1H3,(H3,12,13,14,15). The Kier molecular flexibility index (Phi) is 3.16. The Hall–Kier alpha value is -1.07. The molecular formula is C10H15ClN4O. The van der Waals surface area contributed by atoms with E-state index < -0.39 is 0 Å². The average molecular weight is 243 g/mol. The van der Waals surface area contributed by atoms with E-state index in [2.05, 4.69) is 22.2 Å². The number of aromatic nitrogens is 2. The third-order valence-electron chi connectivity index (χ3n) is 2.74. The average Bonchev–Trinajstić information content (AvgIpc) is 2.15. The van der Waals surface area contributed by atoms with Crippen molar-refractivity contribution < 1.29 is 4.74 Å². The predicted octanol–water partition coefficient (Wildman–Crippen LogP) is 1.69. The fourth-order valence-corrected chi connectivity index (χ4v) is 1.95.